The Morgan fingerprint density at radius 2 is 1.81 bits per heavy atom. The van der Waals surface area contributed by atoms with E-state index in [9.17, 15) is 8.42 Å². The topological polar surface area (TPSA) is 61.4 Å². The van der Waals surface area contributed by atoms with Crippen LogP contribution in [0.2, 0.25) is 0 Å². The minimum atomic E-state index is -3.25. The van der Waals surface area contributed by atoms with Crippen LogP contribution in [0.15, 0.2) is 24.3 Å². The first-order chi connectivity index (χ1) is 9.98. The maximum absolute atomic E-state index is 11.4. The number of benzene rings is 1. The predicted octanol–water partition coefficient (Wildman–Crippen LogP) is 2.34. The molecule has 2 rings (SSSR count). The molecule has 2 N–H and O–H groups in total. The fourth-order valence-corrected chi connectivity index (χ4v) is 3.31. The van der Waals surface area contributed by atoms with Gasteiger partial charge < -0.3 is 10.2 Å². The predicted molar refractivity (Wildman–Crippen MR) is 88.3 cm³/mol. The SMILES string of the molecule is CCCN1CCC(Nc2ccccc2NS(C)(=O)=O)CC1. The van der Waals surface area contributed by atoms with Crippen LogP contribution in [0.3, 0.4) is 0 Å². The summed E-state index contributed by atoms with van der Waals surface area (Å²) in [6, 6.07) is 7.87. The molecule has 1 aromatic carbocycles. The molecule has 1 aliphatic rings. The largest absolute Gasteiger partial charge is 0.381 e. The van der Waals surface area contributed by atoms with Crippen molar-refractivity contribution in [2.75, 3.05) is 35.9 Å². The fourth-order valence-electron chi connectivity index (χ4n) is 2.73. The zero-order valence-electron chi connectivity index (χ0n) is 12.8. The standard InChI is InChI=1S/C15H25N3O2S/c1-3-10-18-11-8-13(9-12-18)16-14-6-4-5-7-15(14)17-21(2,19)20/h4-7,13,16-17H,3,8-12H2,1-2H3. The van der Waals surface area contributed by atoms with Gasteiger partial charge in [-0.25, -0.2) is 8.42 Å². The first kappa shape index (κ1) is 16.1. The van der Waals surface area contributed by atoms with Crippen molar-refractivity contribution in [2.45, 2.75) is 32.2 Å². The molecule has 0 saturated carbocycles. The van der Waals surface area contributed by atoms with E-state index in [4.69, 9.17) is 0 Å². The maximum atomic E-state index is 11.4. The number of hydrogen-bond donors (Lipinski definition) is 2. The average Bonchev–Trinajstić information content (AvgIpc) is 2.42. The highest BCUT2D eigenvalue weighted by Gasteiger charge is 2.19. The molecule has 1 aliphatic heterocycles. The van der Waals surface area contributed by atoms with Gasteiger partial charge in [-0.15, -0.1) is 0 Å². The Kier molecular flexibility index (Phi) is 5.47. The zero-order valence-corrected chi connectivity index (χ0v) is 13.6. The molecule has 0 aromatic heterocycles. The maximum Gasteiger partial charge on any atom is 0.229 e. The van der Waals surface area contributed by atoms with Gasteiger partial charge in [0.1, 0.15) is 0 Å². The van der Waals surface area contributed by atoms with Crippen LogP contribution in [-0.4, -0.2) is 45.2 Å². The molecule has 0 spiro atoms. The molecule has 0 bridgehead atoms. The quantitative estimate of drug-likeness (QED) is 0.846. The second-order valence-corrected chi connectivity index (χ2v) is 7.43. The van der Waals surface area contributed by atoms with E-state index in [0.29, 0.717) is 11.7 Å². The van der Waals surface area contributed by atoms with E-state index < -0.39 is 10.0 Å². The summed E-state index contributed by atoms with van der Waals surface area (Å²) in [5.74, 6) is 0. The molecule has 1 heterocycles. The number of piperidine rings is 1. The first-order valence-electron chi connectivity index (χ1n) is 7.53. The van der Waals surface area contributed by atoms with Gasteiger partial charge >= 0.3 is 0 Å². The minimum Gasteiger partial charge on any atom is -0.381 e. The molecule has 0 radical (unpaired) electrons. The Balaban J connectivity index is 1.97. The molecule has 118 valence electrons. The monoisotopic (exact) mass is 311 g/mol. The summed E-state index contributed by atoms with van der Waals surface area (Å²) in [5.41, 5.74) is 1.48. The third-order valence-electron chi connectivity index (χ3n) is 3.71. The molecule has 0 unspecified atom stereocenters. The van der Waals surface area contributed by atoms with Crippen LogP contribution in [0.5, 0.6) is 0 Å². The molecular weight excluding hydrogens is 286 g/mol. The third-order valence-corrected chi connectivity index (χ3v) is 4.30. The molecule has 6 heteroatoms. The van der Waals surface area contributed by atoms with Crippen LogP contribution in [0.25, 0.3) is 0 Å². The third kappa shape index (κ3) is 5.21. The van der Waals surface area contributed by atoms with Gasteiger partial charge in [-0.3, -0.25) is 4.72 Å². The molecule has 5 nitrogen and oxygen atoms in total. The van der Waals surface area contributed by atoms with Crippen molar-refractivity contribution in [1.29, 1.82) is 0 Å². The number of rotatable bonds is 6. The summed E-state index contributed by atoms with van der Waals surface area (Å²) in [6.45, 7) is 5.58. The van der Waals surface area contributed by atoms with Crippen LogP contribution >= 0.6 is 0 Å². The Morgan fingerprint density at radius 1 is 1.19 bits per heavy atom. The van der Waals surface area contributed by atoms with Crippen LogP contribution < -0.4 is 10.0 Å². The van der Waals surface area contributed by atoms with Gasteiger partial charge in [0.15, 0.2) is 0 Å². The first-order valence-corrected chi connectivity index (χ1v) is 9.43. The molecule has 0 amide bonds. The van der Waals surface area contributed by atoms with Crippen molar-refractivity contribution in [3.05, 3.63) is 24.3 Å². The minimum absolute atomic E-state index is 0.403. The van der Waals surface area contributed by atoms with Crippen molar-refractivity contribution < 1.29 is 8.42 Å². The highest BCUT2D eigenvalue weighted by Crippen LogP contribution is 2.25. The number of para-hydroxylation sites is 2. The van der Waals surface area contributed by atoms with Gasteiger partial charge in [0, 0.05) is 19.1 Å². The number of nitrogens with zero attached hydrogens (tertiary/aromatic N) is 1. The average molecular weight is 311 g/mol. The Bertz CT molecular complexity index is 552. The number of nitrogens with one attached hydrogen (secondary N) is 2. The highest BCUT2D eigenvalue weighted by atomic mass is 32.2. The van der Waals surface area contributed by atoms with Gasteiger partial charge in [0.25, 0.3) is 0 Å². The van der Waals surface area contributed by atoms with E-state index >= 15 is 0 Å². The van der Waals surface area contributed by atoms with E-state index in [2.05, 4.69) is 21.9 Å². The zero-order chi connectivity index (χ0) is 15.3. The van der Waals surface area contributed by atoms with Gasteiger partial charge in [-0.2, -0.15) is 0 Å². The molecule has 1 fully saturated rings. The smallest absolute Gasteiger partial charge is 0.229 e. The summed E-state index contributed by atoms with van der Waals surface area (Å²) >= 11 is 0. The number of anilines is 2. The summed E-state index contributed by atoms with van der Waals surface area (Å²) in [7, 11) is -3.25. The lowest BCUT2D eigenvalue weighted by molar-refractivity contribution is 0.219. The van der Waals surface area contributed by atoms with Gasteiger partial charge in [-0.1, -0.05) is 19.1 Å². The van der Waals surface area contributed by atoms with Crippen molar-refractivity contribution in [1.82, 2.24) is 4.90 Å². The Morgan fingerprint density at radius 3 is 2.38 bits per heavy atom. The summed E-state index contributed by atoms with van der Waals surface area (Å²) in [4.78, 5) is 2.48. The Labute approximate surface area is 127 Å². The molecular formula is C15H25N3O2S. The van der Waals surface area contributed by atoms with Crippen molar-refractivity contribution in [2.24, 2.45) is 0 Å². The van der Waals surface area contributed by atoms with Crippen LogP contribution in [-0.2, 0) is 10.0 Å². The second kappa shape index (κ2) is 7.13. The van der Waals surface area contributed by atoms with Gasteiger partial charge in [0.2, 0.25) is 10.0 Å². The highest BCUT2D eigenvalue weighted by molar-refractivity contribution is 7.92. The molecule has 1 saturated heterocycles. The number of likely N-dealkylation sites (tertiary alicyclic amines) is 1. The lowest BCUT2D eigenvalue weighted by atomic mass is 10.0. The van der Waals surface area contributed by atoms with Gasteiger partial charge in [-0.05, 0) is 37.9 Å². The summed E-state index contributed by atoms with van der Waals surface area (Å²) in [5, 5.41) is 3.48. The van der Waals surface area contributed by atoms with Crippen LogP contribution in [0, 0.1) is 0 Å². The van der Waals surface area contributed by atoms with Crippen molar-refractivity contribution >= 4 is 21.4 Å². The van der Waals surface area contributed by atoms with Crippen LogP contribution in [0.4, 0.5) is 11.4 Å². The lowest BCUT2D eigenvalue weighted by Crippen LogP contribution is -2.39. The summed E-state index contributed by atoms with van der Waals surface area (Å²) in [6.07, 6.45) is 4.55. The van der Waals surface area contributed by atoms with E-state index in [-0.39, 0.29) is 0 Å². The molecule has 0 aliphatic carbocycles. The fraction of sp³-hybridized carbons (Fsp3) is 0.600. The summed E-state index contributed by atoms with van der Waals surface area (Å²) < 4.78 is 25.4. The van der Waals surface area contributed by atoms with E-state index in [0.717, 1.165) is 31.6 Å². The lowest BCUT2D eigenvalue weighted by Gasteiger charge is -2.33. The van der Waals surface area contributed by atoms with E-state index in [1.165, 1.54) is 19.2 Å². The van der Waals surface area contributed by atoms with Crippen molar-refractivity contribution in [3.8, 4) is 0 Å². The Hall–Kier alpha value is -1.27. The molecule has 1 aromatic rings. The van der Waals surface area contributed by atoms with Gasteiger partial charge in [0.05, 0.1) is 17.6 Å². The second-order valence-electron chi connectivity index (χ2n) is 5.68. The van der Waals surface area contributed by atoms with Crippen molar-refractivity contribution in [3.63, 3.8) is 0 Å². The number of hydrogen-bond acceptors (Lipinski definition) is 4. The number of sulfonamides is 1. The van der Waals surface area contributed by atoms with Crippen LogP contribution in [0.1, 0.15) is 26.2 Å². The normalized spacial score (nSPS) is 17.6. The molecule has 21 heavy (non-hydrogen) atoms. The van der Waals surface area contributed by atoms with E-state index in [1.54, 1.807) is 6.07 Å². The molecule has 0 atom stereocenters. The van der Waals surface area contributed by atoms with E-state index in [1.807, 2.05) is 18.2 Å².